The van der Waals surface area contributed by atoms with Gasteiger partial charge in [-0.3, -0.25) is 0 Å². The molecule has 1 rings (SSSR count). The summed E-state index contributed by atoms with van der Waals surface area (Å²) in [4.78, 5) is 0. The summed E-state index contributed by atoms with van der Waals surface area (Å²) in [5.74, 6) is 0.637. The zero-order valence-electron chi connectivity index (χ0n) is 8.05. The van der Waals surface area contributed by atoms with Crippen molar-refractivity contribution < 1.29 is 5.11 Å². The van der Waals surface area contributed by atoms with E-state index in [0.29, 0.717) is 5.92 Å². The molecule has 1 saturated carbocycles. The van der Waals surface area contributed by atoms with Crippen LogP contribution in [0.2, 0.25) is 0 Å². The topological polar surface area (TPSA) is 46.2 Å². The van der Waals surface area contributed by atoms with Crippen molar-refractivity contribution in [2.45, 2.75) is 51.0 Å². The van der Waals surface area contributed by atoms with Crippen molar-refractivity contribution >= 4 is 0 Å². The van der Waals surface area contributed by atoms with Crippen molar-refractivity contribution in [3.8, 4) is 0 Å². The van der Waals surface area contributed by atoms with Gasteiger partial charge < -0.3 is 10.8 Å². The standard InChI is InChI=1S/C10H21NO/c1-10(11,7-8-12)9-5-3-2-4-6-9/h9,12H,2-8,11H2,1H3. The maximum absolute atomic E-state index is 8.85. The molecule has 1 aliphatic rings. The Morgan fingerprint density at radius 2 is 1.92 bits per heavy atom. The lowest BCUT2D eigenvalue weighted by Gasteiger charge is -2.36. The van der Waals surface area contributed by atoms with Gasteiger partial charge in [0.25, 0.3) is 0 Å². The molecule has 0 bridgehead atoms. The monoisotopic (exact) mass is 171 g/mol. The lowest BCUT2D eigenvalue weighted by molar-refractivity contribution is 0.168. The molecule has 1 fully saturated rings. The van der Waals surface area contributed by atoms with Gasteiger partial charge in [-0.1, -0.05) is 19.3 Å². The smallest absolute Gasteiger partial charge is 0.0448 e. The number of aliphatic hydroxyl groups is 1. The van der Waals surface area contributed by atoms with Crippen molar-refractivity contribution in [1.82, 2.24) is 0 Å². The van der Waals surface area contributed by atoms with Crippen LogP contribution in [0.3, 0.4) is 0 Å². The highest BCUT2D eigenvalue weighted by atomic mass is 16.3. The summed E-state index contributed by atoms with van der Waals surface area (Å²) in [6, 6.07) is 0. The van der Waals surface area contributed by atoms with Crippen molar-refractivity contribution in [2.24, 2.45) is 11.7 Å². The van der Waals surface area contributed by atoms with E-state index in [0.717, 1.165) is 6.42 Å². The molecule has 3 N–H and O–H groups in total. The van der Waals surface area contributed by atoms with E-state index >= 15 is 0 Å². The minimum Gasteiger partial charge on any atom is -0.396 e. The van der Waals surface area contributed by atoms with Gasteiger partial charge in [0.15, 0.2) is 0 Å². The highest BCUT2D eigenvalue weighted by Gasteiger charge is 2.30. The average Bonchev–Trinajstić information content (AvgIpc) is 2.06. The van der Waals surface area contributed by atoms with Gasteiger partial charge >= 0.3 is 0 Å². The third-order valence-corrected chi connectivity index (χ3v) is 3.19. The van der Waals surface area contributed by atoms with Crippen molar-refractivity contribution in [3.63, 3.8) is 0 Å². The van der Waals surface area contributed by atoms with Crippen LogP contribution < -0.4 is 5.73 Å². The Bertz CT molecular complexity index is 128. The first-order chi connectivity index (χ1) is 5.67. The van der Waals surface area contributed by atoms with E-state index in [2.05, 4.69) is 6.92 Å². The molecule has 2 heteroatoms. The summed E-state index contributed by atoms with van der Waals surface area (Å²) in [6.07, 6.45) is 7.27. The quantitative estimate of drug-likeness (QED) is 0.678. The van der Waals surface area contributed by atoms with E-state index in [-0.39, 0.29) is 12.1 Å². The molecule has 0 heterocycles. The van der Waals surface area contributed by atoms with E-state index in [1.165, 1.54) is 32.1 Å². The third-order valence-electron chi connectivity index (χ3n) is 3.19. The Morgan fingerprint density at radius 1 is 1.33 bits per heavy atom. The number of nitrogens with two attached hydrogens (primary N) is 1. The number of aliphatic hydroxyl groups excluding tert-OH is 1. The van der Waals surface area contributed by atoms with E-state index in [1.807, 2.05) is 0 Å². The highest BCUT2D eigenvalue weighted by Crippen LogP contribution is 2.32. The van der Waals surface area contributed by atoms with Crippen LogP contribution in [0.5, 0.6) is 0 Å². The molecule has 2 nitrogen and oxygen atoms in total. The second-order valence-electron chi connectivity index (χ2n) is 4.31. The fraction of sp³-hybridized carbons (Fsp3) is 1.00. The summed E-state index contributed by atoms with van der Waals surface area (Å²) < 4.78 is 0. The Kier molecular flexibility index (Phi) is 3.53. The first-order valence-electron chi connectivity index (χ1n) is 5.06. The summed E-state index contributed by atoms with van der Waals surface area (Å²) in [5.41, 5.74) is 6.01. The Labute approximate surface area is 75.2 Å². The molecular weight excluding hydrogens is 150 g/mol. The van der Waals surface area contributed by atoms with Gasteiger partial charge in [-0.25, -0.2) is 0 Å². The SMILES string of the molecule is CC(N)(CCO)C1CCCCC1. The molecule has 1 unspecified atom stereocenters. The molecule has 0 saturated heterocycles. The molecule has 0 amide bonds. The lowest BCUT2D eigenvalue weighted by atomic mass is 9.75. The molecule has 0 aromatic carbocycles. The van der Waals surface area contributed by atoms with Gasteiger partial charge in [-0.2, -0.15) is 0 Å². The second kappa shape index (κ2) is 4.24. The lowest BCUT2D eigenvalue weighted by Crippen LogP contribution is -2.45. The predicted molar refractivity (Wildman–Crippen MR) is 50.9 cm³/mol. The molecule has 0 aromatic rings. The maximum atomic E-state index is 8.85. The van der Waals surface area contributed by atoms with E-state index < -0.39 is 0 Å². The Morgan fingerprint density at radius 3 is 2.42 bits per heavy atom. The molecule has 0 spiro atoms. The van der Waals surface area contributed by atoms with Gasteiger partial charge in [0, 0.05) is 12.1 Å². The zero-order valence-corrected chi connectivity index (χ0v) is 8.05. The molecule has 0 aromatic heterocycles. The molecule has 1 atom stereocenters. The fourth-order valence-electron chi connectivity index (χ4n) is 2.21. The predicted octanol–water partition coefficient (Wildman–Crippen LogP) is 1.67. The van der Waals surface area contributed by atoms with Gasteiger partial charge in [0.2, 0.25) is 0 Å². The minimum atomic E-state index is -0.130. The van der Waals surface area contributed by atoms with E-state index in [9.17, 15) is 0 Å². The van der Waals surface area contributed by atoms with Crippen LogP contribution in [0.25, 0.3) is 0 Å². The molecule has 0 radical (unpaired) electrons. The number of rotatable bonds is 3. The summed E-state index contributed by atoms with van der Waals surface area (Å²) in [5, 5.41) is 8.85. The Balaban J connectivity index is 2.41. The van der Waals surface area contributed by atoms with Gasteiger partial charge in [0.05, 0.1) is 0 Å². The molecule has 12 heavy (non-hydrogen) atoms. The molecular formula is C10H21NO. The first kappa shape index (κ1) is 10.0. The zero-order chi connectivity index (χ0) is 9.03. The summed E-state index contributed by atoms with van der Waals surface area (Å²) >= 11 is 0. The first-order valence-corrected chi connectivity index (χ1v) is 5.06. The fourth-order valence-corrected chi connectivity index (χ4v) is 2.21. The van der Waals surface area contributed by atoms with Crippen LogP contribution in [-0.4, -0.2) is 17.3 Å². The van der Waals surface area contributed by atoms with Gasteiger partial charge in [-0.05, 0) is 32.1 Å². The third kappa shape index (κ3) is 2.46. The van der Waals surface area contributed by atoms with Crippen LogP contribution in [0.1, 0.15) is 45.4 Å². The Hall–Kier alpha value is -0.0800. The maximum Gasteiger partial charge on any atom is 0.0448 e. The number of hydrogen-bond donors (Lipinski definition) is 2. The molecule has 72 valence electrons. The van der Waals surface area contributed by atoms with Crippen molar-refractivity contribution in [3.05, 3.63) is 0 Å². The average molecular weight is 171 g/mol. The van der Waals surface area contributed by atoms with Crippen LogP contribution in [0.15, 0.2) is 0 Å². The summed E-state index contributed by atoms with van der Waals surface area (Å²) in [7, 11) is 0. The van der Waals surface area contributed by atoms with Crippen LogP contribution in [0.4, 0.5) is 0 Å². The van der Waals surface area contributed by atoms with Crippen molar-refractivity contribution in [2.75, 3.05) is 6.61 Å². The minimum absolute atomic E-state index is 0.130. The van der Waals surface area contributed by atoms with Crippen molar-refractivity contribution in [1.29, 1.82) is 0 Å². The normalized spacial score (nSPS) is 25.2. The molecule has 1 aliphatic carbocycles. The largest absolute Gasteiger partial charge is 0.396 e. The van der Waals surface area contributed by atoms with Crippen LogP contribution in [-0.2, 0) is 0 Å². The second-order valence-corrected chi connectivity index (χ2v) is 4.31. The molecule has 0 aliphatic heterocycles. The van der Waals surface area contributed by atoms with E-state index in [1.54, 1.807) is 0 Å². The highest BCUT2D eigenvalue weighted by molar-refractivity contribution is 4.88. The van der Waals surface area contributed by atoms with E-state index in [4.69, 9.17) is 10.8 Å². The number of hydrogen-bond acceptors (Lipinski definition) is 2. The van der Waals surface area contributed by atoms with Gasteiger partial charge in [-0.15, -0.1) is 0 Å². The van der Waals surface area contributed by atoms with Gasteiger partial charge in [0.1, 0.15) is 0 Å². The van der Waals surface area contributed by atoms with Crippen LogP contribution >= 0.6 is 0 Å². The summed E-state index contributed by atoms with van der Waals surface area (Å²) in [6.45, 7) is 2.31. The van der Waals surface area contributed by atoms with Crippen LogP contribution in [0, 0.1) is 5.92 Å².